The van der Waals surface area contributed by atoms with Crippen molar-refractivity contribution >= 4 is 39.2 Å². The first kappa shape index (κ1) is 19.8. The number of para-hydroxylation sites is 1. The fourth-order valence-electron chi connectivity index (χ4n) is 3.94. The summed E-state index contributed by atoms with van der Waals surface area (Å²) < 4.78 is 1.66. The van der Waals surface area contributed by atoms with Gasteiger partial charge in [0.05, 0.1) is 27.4 Å². The fourth-order valence-corrected chi connectivity index (χ4v) is 4.20. The molecule has 2 aromatic carbocycles. The number of H-pyrrole nitrogens is 1. The molecule has 0 amide bonds. The van der Waals surface area contributed by atoms with Gasteiger partial charge in [0, 0.05) is 17.6 Å². The van der Waals surface area contributed by atoms with Crippen LogP contribution in [-0.4, -0.2) is 19.5 Å². The summed E-state index contributed by atoms with van der Waals surface area (Å²) in [4.78, 5) is 25.1. The Bertz CT molecular complexity index is 1570. The van der Waals surface area contributed by atoms with Gasteiger partial charge < -0.3 is 10.3 Å². The van der Waals surface area contributed by atoms with Crippen molar-refractivity contribution < 1.29 is 0 Å². The van der Waals surface area contributed by atoms with E-state index in [-0.39, 0.29) is 11.6 Å². The molecule has 5 aromatic rings. The van der Waals surface area contributed by atoms with Crippen molar-refractivity contribution in [3.8, 4) is 11.8 Å². The van der Waals surface area contributed by atoms with E-state index in [1.165, 1.54) is 6.33 Å². The average molecular weight is 441 g/mol. The first-order valence-electron chi connectivity index (χ1n) is 9.97. The number of aromatic amines is 1. The van der Waals surface area contributed by atoms with Crippen molar-refractivity contribution in [3.63, 3.8) is 0 Å². The van der Waals surface area contributed by atoms with Crippen LogP contribution in [0.1, 0.15) is 24.2 Å². The molecule has 0 saturated carbocycles. The molecule has 0 saturated heterocycles. The fraction of sp³-hybridized carbons (Fsp3) is 0.0833. The van der Waals surface area contributed by atoms with Crippen molar-refractivity contribution in [2.24, 2.45) is 0 Å². The molecule has 1 atom stereocenters. The zero-order valence-electron chi connectivity index (χ0n) is 17.0. The van der Waals surface area contributed by atoms with E-state index in [0.717, 1.165) is 16.8 Å². The van der Waals surface area contributed by atoms with Gasteiger partial charge in [0.2, 0.25) is 0 Å². The highest BCUT2D eigenvalue weighted by molar-refractivity contribution is 6.35. The second kappa shape index (κ2) is 7.84. The molecular formula is C24H17ClN6O. The van der Waals surface area contributed by atoms with Crippen LogP contribution in [0.4, 0.5) is 5.82 Å². The highest BCUT2D eigenvalue weighted by atomic mass is 35.5. The second-order valence-corrected chi connectivity index (χ2v) is 7.78. The van der Waals surface area contributed by atoms with Crippen LogP contribution in [0.5, 0.6) is 0 Å². The molecular weight excluding hydrogens is 424 g/mol. The molecule has 0 spiro atoms. The van der Waals surface area contributed by atoms with Crippen molar-refractivity contribution in [2.75, 3.05) is 5.32 Å². The standard InChI is InChI=1S/C24H17ClN6O/c1-14(30-23-21-16(11-26)12-27-22(21)28-13-29-23)19-10-15-6-5-9-18(25)20(15)24(32)31(19)17-7-3-2-4-8-17/h2-10,12-14H,1H3,(H2,27,28,29,30)/t14-/m0/s1. The van der Waals surface area contributed by atoms with Gasteiger partial charge in [0.1, 0.15) is 23.9 Å². The first-order valence-corrected chi connectivity index (χ1v) is 10.3. The van der Waals surface area contributed by atoms with Gasteiger partial charge in [0.25, 0.3) is 5.56 Å². The minimum atomic E-state index is -0.328. The number of fused-ring (bicyclic) bond motifs is 2. The maximum Gasteiger partial charge on any atom is 0.264 e. The minimum absolute atomic E-state index is 0.199. The van der Waals surface area contributed by atoms with Gasteiger partial charge in [-0.05, 0) is 36.6 Å². The molecule has 0 bridgehead atoms. The molecule has 3 aromatic heterocycles. The first-order chi connectivity index (χ1) is 15.6. The van der Waals surface area contributed by atoms with Crippen LogP contribution < -0.4 is 10.9 Å². The Morgan fingerprint density at radius 1 is 1.12 bits per heavy atom. The molecule has 156 valence electrons. The molecule has 0 aliphatic heterocycles. The largest absolute Gasteiger partial charge is 0.361 e. The van der Waals surface area contributed by atoms with Gasteiger partial charge in [-0.15, -0.1) is 0 Å². The van der Waals surface area contributed by atoms with E-state index in [0.29, 0.717) is 32.8 Å². The normalized spacial score (nSPS) is 12.0. The molecule has 3 heterocycles. The second-order valence-electron chi connectivity index (χ2n) is 7.38. The topological polar surface area (TPSA) is 99.4 Å². The number of nitrogens with zero attached hydrogens (tertiary/aromatic N) is 4. The number of halogens is 1. The summed E-state index contributed by atoms with van der Waals surface area (Å²) in [6.07, 6.45) is 3.03. The molecule has 0 radical (unpaired) electrons. The van der Waals surface area contributed by atoms with Gasteiger partial charge in [-0.3, -0.25) is 9.36 Å². The summed E-state index contributed by atoms with van der Waals surface area (Å²) in [5, 5.41) is 15.1. The third-order valence-electron chi connectivity index (χ3n) is 5.43. The van der Waals surface area contributed by atoms with Crippen molar-refractivity contribution in [1.82, 2.24) is 19.5 Å². The van der Waals surface area contributed by atoms with Gasteiger partial charge in [-0.2, -0.15) is 5.26 Å². The predicted molar refractivity (Wildman–Crippen MR) is 125 cm³/mol. The van der Waals surface area contributed by atoms with E-state index in [4.69, 9.17) is 11.6 Å². The summed E-state index contributed by atoms with van der Waals surface area (Å²) in [7, 11) is 0. The number of pyridine rings is 1. The maximum absolute atomic E-state index is 13.6. The highest BCUT2D eigenvalue weighted by Crippen LogP contribution is 2.29. The van der Waals surface area contributed by atoms with Crippen molar-refractivity contribution in [2.45, 2.75) is 13.0 Å². The summed E-state index contributed by atoms with van der Waals surface area (Å²) in [5.74, 6) is 0.513. The van der Waals surface area contributed by atoms with E-state index in [9.17, 15) is 10.1 Å². The Balaban J connectivity index is 1.71. The Kier molecular flexibility index (Phi) is 4.85. The third kappa shape index (κ3) is 3.18. The molecule has 0 aliphatic rings. The SMILES string of the molecule is C[C@H](Nc1ncnc2[nH]cc(C#N)c12)c1cc2cccc(Cl)c2c(=O)n1-c1ccccc1. The Morgan fingerprint density at radius 3 is 2.72 bits per heavy atom. The molecule has 0 fully saturated rings. The molecule has 2 N–H and O–H groups in total. The Morgan fingerprint density at radius 2 is 1.94 bits per heavy atom. The van der Waals surface area contributed by atoms with Crippen molar-refractivity contribution in [1.29, 1.82) is 5.26 Å². The lowest BCUT2D eigenvalue weighted by molar-refractivity contribution is 0.774. The summed E-state index contributed by atoms with van der Waals surface area (Å²) in [6.45, 7) is 1.94. The lowest BCUT2D eigenvalue weighted by Crippen LogP contribution is -2.25. The van der Waals surface area contributed by atoms with E-state index in [1.807, 2.05) is 55.5 Å². The van der Waals surface area contributed by atoms with Crippen molar-refractivity contribution in [3.05, 3.63) is 93.8 Å². The van der Waals surface area contributed by atoms with E-state index >= 15 is 0 Å². The number of rotatable bonds is 4. The number of aromatic nitrogens is 4. The zero-order chi connectivity index (χ0) is 22.2. The van der Waals surface area contributed by atoms with Crippen LogP contribution in [0.15, 0.2) is 71.9 Å². The Labute approximate surface area is 187 Å². The molecule has 0 aliphatic carbocycles. The molecule has 32 heavy (non-hydrogen) atoms. The van der Waals surface area contributed by atoms with E-state index in [2.05, 4.69) is 26.3 Å². The predicted octanol–water partition coefficient (Wildman–Crippen LogP) is 4.96. The molecule has 0 unspecified atom stereocenters. The lowest BCUT2D eigenvalue weighted by atomic mass is 10.1. The Hall–Kier alpha value is -4.15. The summed E-state index contributed by atoms with van der Waals surface area (Å²) in [5.41, 5.74) is 2.28. The third-order valence-corrected chi connectivity index (χ3v) is 5.74. The maximum atomic E-state index is 13.6. The number of nitrogens with one attached hydrogen (secondary N) is 2. The highest BCUT2D eigenvalue weighted by Gasteiger charge is 2.20. The summed E-state index contributed by atoms with van der Waals surface area (Å²) >= 11 is 6.39. The van der Waals surface area contributed by atoms with Crippen LogP contribution >= 0.6 is 11.6 Å². The van der Waals surface area contributed by atoms with E-state index < -0.39 is 0 Å². The molecule has 7 nitrogen and oxygen atoms in total. The number of hydrogen-bond donors (Lipinski definition) is 2. The smallest absolute Gasteiger partial charge is 0.264 e. The quantitative estimate of drug-likeness (QED) is 0.411. The average Bonchev–Trinajstić information content (AvgIpc) is 3.24. The number of hydrogen-bond acceptors (Lipinski definition) is 5. The molecule has 8 heteroatoms. The van der Waals surface area contributed by atoms with Crippen LogP contribution in [0.3, 0.4) is 0 Å². The number of nitriles is 1. The van der Waals surface area contributed by atoms with Crippen LogP contribution in [0, 0.1) is 11.3 Å². The lowest BCUT2D eigenvalue weighted by Gasteiger charge is -2.22. The number of anilines is 1. The van der Waals surface area contributed by atoms with Crippen LogP contribution in [0.2, 0.25) is 5.02 Å². The van der Waals surface area contributed by atoms with Gasteiger partial charge in [0.15, 0.2) is 0 Å². The van der Waals surface area contributed by atoms with Gasteiger partial charge in [-0.1, -0.05) is 41.9 Å². The van der Waals surface area contributed by atoms with Gasteiger partial charge >= 0.3 is 0 Å². The number of benzene rings is 2. The van der Waals surface area contributed by atoms with Crippen LogP contribution in [-0.2, 0) is 0 Å². The van der Waals surface area contributed by atoms with Gasteiger partial charge in [-0.25, -0.2) is 9.97 Å². The minimum Gasteiger partial charge on any atom is -0.361 e. The molecule has 5 rings (SSSR count). The monoisotopic (exact) mass is 440 g/mol. The van der Waals surface area contributed by atoms with Crippen LogP contribution in [0.25, 0.3) is 27.5 Å². The van der Waals surface area contributed by atoms with E-state index in [1.54, 1.807) is 16.8 Å². The zero-order valence-corrected chi connectivity index (χ0v) is 17.8. The summed E-state index contributed by atoms with van der Waals surface area (Å²) in [6, 6.07) is 18.6.